The van der Waals surface area contributed by atoms with Gasteiger partial charge in [0.1, 0.15) is 0 Å². The smallest absolute Gasteiger partial charge is 0.182 e. The number of aromatic nitrogens is 3. The monoisotopic (exact) mass is 903 g/mol. The minimum absolute atomic E-state index is 1.17. The van der Waals surface area contributed by atoms with E-state index in [1.807, 2.05) is 0 Å². The molecule has 1 atom stereocenters. The molecule has 3 nitrogen and oxygen atoms in total. The molecule has 0 amide bonds. The first-order valence-corrected chi connectivity index (χ1v) is 26.3. The first-order chi connectivity index (χ1) is 34.7. The van der Waals surface area contributed by atoms with Gasteiger partial charge in [0.25, 0.3) is 0 Å². The average Bonchev–Trinajstić information content (AvgIpc) is 4.20. The van der Waals surface area contributed by atoms with Crippen LogP contribution in [-0.4, -0.2) is 21.8 Å². The Morgan fingerprint density at radius 3 is 1.01 bits per heavy atom. The van der Waals surface area contributed by atoms with E-state index in [4.69, 9.17) is 0 Å². The molecule has 11 aromatic carbocycles. The number of benzene rings is 11. The summed E-state index contributed by atoms with van der Waals surface area (Å²) in [7, 11) is -2.70. The van der Waals surface area contributed by atoms with Crippen molar-refractivity contribution in [3.05, 3.63) is 249 Å². The Bertz CT molecular complexity index is 4500. The van der Waals surface area contributed by atoms with Gasteiger partial charge in [0, 0.05) is 49.4 Å². The van der Waals surface area contributed by atoms with E-state index in [1.165, 1.54) is 137 Å². The van der Waals surface area contributed by atoms with Crippen molar-refractivity contribution in [1.82, 2.24) is 13.7 Å². The van der Waals surface area contributed by atoms with E-state index in [2.05, 4.69) is 262 Å². The Balaban J connectivity index is 0.864. The second kappa shape index (κ2) is 14.1. The third-order valence-electron chi connectivity index (χ3n) is 15.8. The quantitative estimate of drug-likeness (QED) is 0.156. The Kier molecular flexibility index (Phi) is 7.64. The van der Waals surface area contributed by atoms with E-state index in [9.17, 15) is 0 Å². The largest absolute Gasteiger partial charge is 0.309 e. The molecule has 0 saturated heterocycles. The zero-order valence-corrected chi connectivity index (χ0v) is 39.0. The SMILES string of the molecule is c1ccc(-n2c3ccccc3c3cc(-c4ccc5c(c4)c4ccccc4n5-c4ccc5c(c4)-c4ccccc4[Si]54c5ccccc5-c5cc(-n6c7ccccc7c7ccccc76)ccc54)ccc32)cc1. The van der Waals surface area contributed by atoms with Crippen molar-refractivity contribution >= 4 is 94.2 Å². The number of hydrogen-bond donors (Lipinski definition) is 0. The molecule has 2 aliphatic rings. The van der Waals surface area contributed by atoms with E-state index in [1.54, 1.807) is 0 Å². The lowest BCUT2D eigenvalue weighted by Gasteiger charge is -2.28. The van der Waals surface area contributed by atoms with Crippen molar-refractivity contribution < 1.29 is 0 Å². The van der Waals surface area contributed by atoms with Gasteiger partial charge in [-0.15, -0.1) is 0 Å². The molecule has 3 aromatic heterocycles. The lowest BCUT2D eigenvalue weighted by molar-refractivity contribution is 1.18. The first kappa shape index (κ1) is 38.1. The molecule has 1 spiro atoms. The van der Waals surface area contributed by atoms with Gasteiger partial charge < -0.3 is 13.7 Å². The summed E-state index contributed by atoms with van der Waals surface area (Å²) >= 11 is 0. The predicted molar refractivity (Wildman–Crippen MR) is 296 cm³/mol. The van der Waals surface area contributed by atoms with Crippen LogP contribution in [0.1, 0.15) is 0 Å². The molecule has 324 valence electrons. The Morgan fingerprint density at radius 2 is 0.557 bits per heavy atom. The number of para-hydroxylation sites is 5. The molecule has 4 heteroatoms. The fourth-order valence-electron chi connectivity index (χ4n) is 13.0. The lowest BCUT2D eigenvalue weighted by atomic mass is 10.0. The van der Waals surface area contributed by atoms with Crippen LogP contribution in [0.15, 0.2) is 249 Å². The van der Waals surface area contributed by atoms with Crippen molar-refractivity contribution in [2.24, 2.45) is 0 Å². The summed E-state index contributed by atoms with van der Waals surface area (Å²) in [6.45, 7) is 0. The van der Waals surface area contributed by atoms with Crippen molar-refractivity contribution in [2.45, 2.75) is 0 Å². The summed E-state index contributed by atoms with van der Waals surface area (Å²) in [4.78, 5) is 0. The molecular weight excluding hydrogens is 863 g/mol. The van der Waals surface area contributed by atoms with E-state index >= 15 is 0 Å². The van der Waals surface area contributed by atoms with Crippen LogP contribution in [0.3, 0.4) is 0 Å². The molecule has 14 aromatic rings. The van der Waals surface area contributed by atoms with Crippen LogP contribution in [0.4, 0.5) is 0 Å². The zero-order chi connectivity index (χ0) is 45.7. The topological polar surface area (TPSA) is 14.8 Å². The molecule has 2 aliphatic heterocycles. The standard InChI is InChI=1S/C66H41N3Si/c1-2-16-44(17-3-1)67-59-26-12-6-20-49(59)53-38-42(30-34-61(53)67)43-31-35-62-54(39-43)50-21-7-13-27-60(50)69(62)46-33-37-66-56(41-46)52-23-9-15-29-64(52)70(66)63-28-14-8-22-51(63)55-40-45(32-36-65(55)70)68-57-24-10-4-18-47(57)48-19-5-11-25-58(48)68/h1-41H. The molecule has 0 saturated carbocycles. The van der Waals surface area contributed by atoms with Gasteiger partial charge in [-0.1, -0.05) is 164 Å². The Labute approximate surface area is 405 Å². The van der Waals surface area contributed by atoms with E-state index in [0.29, 0.717) is 0 Å². The highest BCUT2D eigenvalue weighted by Crippen LogP contribution is 2.42. The van der Waals surface area contributed by atoms with Gasteiger partial charge in [0.2, 0.25) is 0 Å². The third kappa shape index (κ3) is 4.92. The summed E-state index contributed by atoms with van der Waals surface area (Å²) < 4.78 is 7.34. The van der Waals surface area contributed by atoms with Crippen LogP contribution in [-0.2, 0) is 0 Å². The lowest BCUT2D eigenvalue weighted by Crippen LogP contribution is -2.70. The minimum Gasteiger partial charge on any atom is -0.309 e. The highest BCUT2D eigenvalue weighted by atomic mass is 28.3. The van der Waals surface area contributed by atoms with E-state index in [-0.39, 0.29) is 0 Å². The fourth-order valence-corrected chi connectivity index (χ4v) is 18.6. The van der Waals surface area contributed by atoms with Gasteiger partial charge in [-0.2, -0.15) is 0 Å². The van der Waals surface area contributed by atoms with Crippen LogP contribution in [0.5, 0.6) is 0 Å². The highest BCUT2D eigenvalue weighted by molar-refractivity contribution is 7.24. The summed E-state index contributed by atoms with van der Waals surface area (Å²) in [6.07, 6.45) is 0. The van der Waals surface area contributed by atoms with Gasteiger partial charge >= 0.3 is 0 Å². The maximum atomic E-state index is 2.50. The van der Waals surface area contributed by atoms with Crippen LogP contribution in [0.25, 0.3) is 116 Å². The Hall–Kier alpha value is -8.96. The van der Waals surface area contributed by atoms with Crippen LogP contribution >= 0.6 is 0 Å². The second-order valence-corrected chi connectivity index (χ2v) is 22.8. The van der Waals surface area contributed by atoms with Crippen LogP contribution in [0.2, 0.25) is 0 Å². The molecule has 1 unspecified atom stereocenters. The summed E-state index contributed by atoms with van der Waals surface area (Å²) in [5.41, 5.74) is 18.7. The zero-order valence-electron chi connectivity index (χ0n) is 38.0. The Morgan fingerprint density at radius 1 is 0.214 bits per heavy atom. The summed E-state index contributed by atoms with van der Waals surface area (Å²) in [6, 6.07) is 93.5. The number of fused-ring (bicyclic) bond motifs is 19. The normalized spacial score (nSPS) is 14.6. The molecule has 16 rings (SSSR count). The minimum atomic E-state index is -2.70. The van der Waals surface area contributed by atoms with Gasteiger partial charge in [-0.05, 0) is 139 Å². The molecule has 70 heavy (non-hydrogen) atoms. The number of hydrogen-bond acceptors (Lipinski definition) is 0. The van der Waals surface area contributed by atoms with Crippen molar-refractivity contribution in [3.8, 4) is 50.4 Å². The van der Waals surface area contributed by atoms with E-state index < -0.39 is 8.07 Å². The number of rotatable bonds is 4. The van der Waals surface area contributed by atoms with Crippen molar-refractivity contribution in [2.75, 3.05) is 0 Å². The third-order valence-corrected chi connectivity index (χ3v) is 20.8. The van der Waals surface area contributed by atoms with Gasteiger partial charge in [-0.3, -0.25) is 0 Å². The molecule has 5 heterocycles. The summed E-state index contributed by atoms with van der Waals surface area (Å²) in [5.74, 6) is 0. The van der Waals surface area contributed by atoms with Crippen LogP contribution in [0, 0.1) is 0 Å². The van der Waals surface area contributed by atoms with Gasteiger partial charge in [0.15, 0.2) is 8.07 Å². The first-order valence-electron chi connectivity index (χ1n) is 24.3. The van der Waals surface area contributed by atoms with Crippen LogP contribution < -0.4 is 20.7 Å². The fraction of sp³-hybridized carbons (Fsp3) is 0. The van der Waals surface area contributed by atoms with E-state index in [0.717, 1.165) is 0 Å². The average molecular weight is 904 g/mol. The maximum absolute atomic E-state index is 2.70. The van der Waals surface area contributed by atoms with Crippen molar-refractivity contribution in [3.63, 3.8) is 0 Å². The predicted octanol–water partition coefficient (Wildman–Crippen LogP) is 14.0. The highest BCUT2D eigenvalue weighted by Gasteiger charge is 2.54. The van der Waals surface area contributed by atoms with Gasteiger partial charge in [0.05, 0.1) is 33.1 Å². The molecule has 0 fully saturated rings. The second-order valence-electron chi connectivity index (χ2n) is 19.2. The molecular formula is C66H41N3Si. The maximum Gasteiger partial charge on any atom is 0.182 e. The molecule has 0 radical (unpaired) electrons. The van der Waals surface area contributed by atoms with Gasteiger partial charge in [-0.25, -0.2) is 0 Å². The number of nitrogens with zero attached hydrogens (tertiary/aromatic N) is 3. The molecule has 0 bridgehead atoms. The molecule has 0 N–H and O–H groups in total. The van der Waals surface area contributed by atoms with Crippen molar-refractivity contribution in [1.29, 1.82) is 0 Å². The summed E-state index contributed by atoms with van der Waals surface area (Å²) in [5, 5.41) is 13.5. The molecule has 0 aliphatic carbocycles.